The fraction of sp³-hybridized carbons (Fsp3) is 0.571. The van der Waals surface area contributed by atoms with Gasteiger partial charge in [0.05, 0.1) is 5.02 Å². The first kappa shape index (κ1) is 18.0. The van der Waals surface area contributed by atoms with Gasteiger partial charge in [-0.3, -0.25) is 0 Å². The van der Waals surface area contributed by atoms with Gasteiger partial charge in [-0.2, -0.15) is 4.31 Å². The topological polar surface area (TPSA) is 37.4 Å². The van der Waals surface area contributed by atoms with Crippen LogP contribution in [-0.2, 0) is 10.0 Å². The van der Waals surface area contributed by atoms with Gasteiger partial charge in [-0.05, 0) is 38.0 Å². The third-order valence-electron chi connectivity index (χ3n) is 3.30. The molecular formula is C14H21BrClNO2S. The highest BCUT2D eigenvalue weighted by Gasteiger charge is 2.29. The number of unbranched alkanes of at least 4 members (excludes halogenated alkanes) is 1. The number of halogens is 2. The van der Waals surface area contributed by atoms with Gasteiger partial charge in [-0.25, -0.2) is 8.42 Å². The number of rotatable bonds is 7. The number of nitrogens with zero attached hydrogens (tertiary/aromatic N) is 1. The molecule has 0 N–H and O–H groups in total. The van der Waals surface area contributed by atoms with E-state index in [1.807, 2.05) is 20.8 Å². The van der Waals surface area contributed by atoms with Crippen LogP contribution in [0, 0.1) is 0 Å². The van der Waals surface area contributed by atoms with E-state index in [0.717, 1.165) is 23.7 Å². The van der Waals surface area contributed by atoms with E-state index in [1.165, 1.54) is 0 Å². The van der Waals surface area contributed by atoms with Gasteiger partial charge in [0, 0.05) is 17.1 Å². The second-order valence-electron chi connectivity index (χ2n) is 4.80. The molecule has 1 aromatic carbocycles. The molecule has 0 aromatic heterocycles. The number of benzene rings is 1. The van der Waals surface area contributed by atoms with Gasteiger partial charge in [-0.1, -0.05) is 47.8 Å². The van der Waals surface area contributed by atoms with Crippen LogP contribution in [0.1, 0.15) is 40.0 Å². The first-order valence-corrected chi connectivity index (χ1v) is 9.42. The highest BCUT2D eigenvalue weighted by atomic mass is 79.9. The molecular weight excluding hydrogens is 362 g/mol. The molecule has 0 fully saturated rings. The predicted molar refractivity (Wildman–Crippen MR) is 87.7 cm³/mol. The summed E-state index contributed by atoms with van der Waals surface area (Å²) < 4.78 is 27.9. The van der Waals surface area contributed by atoms with Crippen LogP contribution in [0.25, 0.3) is 0 Å². The summed E-state index contributed by atoms with van der Waals surface area (Å²) in [5, 5.41) is 0.254. The van der Waals surface area contributed by atoms with Crippen LogP contribution in [0.15, 0.2) is 27.6 Å². The van der Waals surface area contributed by atoms with E-state index in [9.17, 15) is 8.42 Å². The van der Waals surface area contributed by atoms with Gasteiger partial charge < -0.3 is 0 Å². The zero-order valence-electron chi connectivity index (χ0n) is 12.1. The van der Waals surface area contributed by atoms with Gasteiger partial charge >= 0.3 is 0 Å². The summed E-state index contributed by atoms with van der Waals surface area (Å²) >= 11 is 9.40. The van der Waals surface area contributed by atoms with Gasteiger partial charge in [0.1, 0.15) is 4.90 Å². The zero-order chi connectivity index (χ0) is 15.3. The Morgan fingerprint density at radius 3 is 2.50 bits per heavy atom. The van der Waals surface area contributed by atoms with Gasteiger partial charge in [0.2, 0.25) is 10.0 Å². The van der Waals surface area contributed by atoms with E-state index in [-0.39, 0.29) is 16.0 Å². The molecule has 0 heterocycles. The SMILES string of the molecule is CCCCN(C(C)CC)S(=O)(=O)c1ccc(Br)cc1Cl. The van der Waals surface area contributed by atoms with Crippen LogP contribution >= 0.6 is 27.5 Å². The summed E-state index contributed by atoms with van der Waals surface area (Å²) in [6, 6.07) is 4.84. The van der Waals surface area contributed by atoms with Gasteiger partial charge in [0.15, 0.2) is 0 Å². The van der Waals surface area contributed by atoms with Crippen molar-refractivity contribution in [3.05, 3.63) is 27.7 Å². The summed E-state index contributed by atoms with van der Waals surface area (Å²) in [6.07, 6.45) is 2.57. The van der Waals surface area contributed by atoms with Crippen molar-refractivity contribution in [1.82, 2.24) is 4.31 Å². The second-order valence-corrected chi connectivity index (χ2v) is 7.98. The first-order valence-electron chi connectivity index (χ1n) is 6.81. The zero-order valence-corrected chi connectivity index (χ0v) is 15.2. The highest BCUT2D eigenvalue weighted by molar-refractivity contribution is 9.10. The minimum absolute atomic E-state index is 0.0359. The number of sulfonamides is 1. The largest absolute Gasteiger partial charge is 0.244 e. The Morgan fingerprint density at radius 2 is 2.00 bits per heavy atom. The summed E-state index contributed by atoms with van der Waals surface area (Å²) in [7, 11) is -3.55. The Morgan fingerprint density at radius 1 is 1.35 bits per heavy atom. The predicted octanol–water partition coefficient (Wildman–Crippen LogP) is 4.69. The molecule has 0 amide bonds. The lowest BCUT2D eigenvalue weighted by Gasteiger charge is -2.28. The quantitative estimate of drug-likeness (QED) is 0.686. The van der Waals surface area contributed by atoms with Gasteiger partial charge in [0.25, 0.3) is 0 Å². The first-order chi connectivity index (χ1) is 9.34. The van der Waals surface area contributed by atoms with E-state index >= 15 is 0 Å². The molecule has 20 heavy (non-hydrogen) atoms. The Bertz CT molecular complexity index is 548. The fourth-order valence-electron chi connectivity index (χ4n) is 1.91. The van der Waals surface area contributed by atoms with Gasteiger partial charge in [-0.15, -0.1) is 0 Å². The van der Waals surface area contributed by atoms with E-state index in [4.69, 9.17) is 11.6 Å². The molecule has 0 aliphatic rings. The molecule has 3 nitrogen and oxygen atoms in total. The van der Waals surface area contributed by atoms with Crippen molar-refractivity contribution in [3.63, 3.8) is 0 Å². The maximum absolute atomic E-state index is 12.8. The lowest BCUT2D eigenvalue weighted by Crippen LogP contribution is -2.39. The van der Waals surface area contributed by atoms with Crippen LogP contribution < -0.4 is 0 Å². The maximum Gasteiger partial charge on any atom is 0.244 e. The molecule has 0 spiro atoms. The molecule has 114 valence electrons. The molecule has 0 saturated heterocycles. The molecule has 0 saturated carbocycles. The Balaban J connectivity index is 3.21. The average molecular weight is 383 g/mol. The number of hydrogen-bond acceptors (Lipinski definition) is 2. The third kappa shape index (κ3) is 4.20. The standard InChI is InChI=1S/C14H21BrClNO2S/c1-4-6-9-17(11(3)5-2)20(18,19)14-8-7-12(15)10-13(14)16/h7-8,10-11H,4-6,9H2,1-3H3. The van der Waals surface area contributed by atoms with E-state index in [2.05, 4.69) is 15.9 Å². The van der Waals surface area contributed by atoms with E-state index < -0.39 is 10.0 Å². The van der Waals surface area contributed by atoms with Crippen molar-refractivity contribution in [1.29, 1.82) is 0 Å². The van der Waals surface area contributed by atoms with Crippen molar-refractivity contribution >= 4 is 37.6 Å². The highest BCUT2D eigenvalue weighted by Crippen LogP contribution is 2.29. The molecule has 6 heteroatoms. The lowest BCUT2D eigenvalue weighted by atomic mass is 10.2. The molecule has 0 radical (unpaired) electrons. The Labute approximate surface area is 135 Å². The minimum atomic E-state index is -3.55. The van der Waals surface area contributed by atoms with Crippen LogP contribution in [-0.4, -0.2) is 25.3 Å². The normalized spacial score (nSPS) is 13.7. The van der Waals surface area contributed by atoms with Crippen molar-refractivity contribution in [2.45, 2.75) is 51.0 Å². The van der Waals surface area contributed by atoms with Crippen LogP contribution in [0.4, 0.5) is 0 Å². The minimum Gasteiger partial charge on any atom is -0.207 e. The summed E-state index contributed by atoms with van der Waals surface area (Å²) in [4.78, 5) is 0.179. The van der Waals surface area contributed by atoms with E-state index in [1.54, 1.807) is 22.5 Å². The van der Waals surface area contributed by atoms with Crippen LogP contribution in [0.2, 0.25) is 5.02 Å². The number of hydrogen-bond donors (Lipinski definition) is 0. The summed E-state index contributed by atoms with van der Waals surface area (Å²) in [6.45, 7) is 6.50. The van der Waals surface area contributed by atoms with Crippen molar-refractivity contribution < 1.29 is 8.42 Å². The summed E-state index contributed by atoms with van der Waals surface area (Å²) in [5.41, 5.74) is 0. The molecule has 1 unspecified atom stereocenters. The van der Waals surface area contributed by atoms with Crippen LogP contribution in [0.5, 0.6) is 0 Å². The van der Waals surface area contributed by atoms with Crippen molar-refractivity contribution in [2.24, 2.45) is 0 Å². The van der Waals surface area contributed by atoms with Crippen molar-refractivity contribution in [2.75, 3.05) is 6.54 Å². The molecule has 1 atom stereocenters. The summed E-state index contributed by atoms with van der Waals surface area (Å²) in [5.74, 6) is 0. The van der Waals surface area contributed by atoms with Crippen molar-refractivity contribution in [3.8, 4) is 0 Å². The lowest BCUT2D eigenvalue weighted by molar-refractivity contribution is 0.324. The second kappa shape index (κ2) is 7.78. The maximum atomic E-state index is 12.8. The smallest absolute Gasteiger partial charge is 0.207 e. The molecule has 0 aliphatic heterocycles. The Hall–Kier alpha value is -0.100. The Kier molecular flexibility index (Phi) is 6.98. The average Bonchev–Trinajstić information content (AvgIpc) is 2.38. The van der Waals surface area contributed by atoms with Crippen LogP contribution in [0.3, 0.4) is 0 Å². The van der Waals surface area contributed by atoms with E-state index in [0.29, 0.717) is 6.54 Å². The molecule has 1 rings (SSSR count). The molecule has 0 bridgehead atoms. The fourth-order valence-corrected chi connectivity index (χ4v) is 4.66. The third-order valence-corrected chi connectivity index (χ3v) is 6.28. The monoisotopic (exact) mass is 381 g/mol. The molecule has 1 aromatic rings. The molecule has 0 aliphatic carbocycles.